The molecule has 4 rings (SSSR count). The molecule has 28 heavy (non-hydrogen) atoms. The highest BCUT2D eigenvalue weighted by molar-refractivity contribution is 6.09. The molecule has 1 N–H and O–H groups in total. The third-order valence-electron chi connectivity index (χ3n) is 4.78. The number of fused-ring (bicyclic) bond motifs is 2. The minimum Gasteiger partial charge on any atom is -0.497 e. The highest BCUT2D eigenvalue weighted by Crippen LogP contribution is 2.28. The first-order valence-electron chi connectivity index (χ1n) is 9.33. The Balaban J connectivity index is 1.83. The van der Waals surface area contributed by atoms with Crippen molar-refractivity contribution in [1.82, 2.24) is 14.8 Å². The van der Waals surface area contributed by atoms with E-state index in [-0.39, 0.29) is 5.91 Å². The summed E-state index contributed by atoms with van der Waals surface area (Å²) >= 11 is 0. The molecule has 1 amide bonds. The normalized spacial score (nSPS) is 11.1. The smallest absolute Gasteiger partial charge is 0.257 e. The minimum atomic E-state index is -0.174. The van der Waals surface area contributed by atoms with Gasteiger partial charge in [-0.3, -0.25) is 4.79 Å². The second kappa shape index (κ2) is 7.31. The Morgan fingerprint density at radius 2 is 2.00 bits per heavy atom. The van der Waals surface area contributed by atoms with E-state index in [1.165, 1.54) is 0 Å². The van der Waals surface area contributed by atoms with Crippen molar-refractivity contribution in [1.29, 1.82) is 0 Å². The number of carbonyl (C=O) groups excluding carboxylic acids is 1. The molecule has 0 unspecified atom stereocenters. The molecular formula is C22H22N4O2. The van der Waals surface area contributed by atoms with Crippen molar-refractivity contribution in [2.24, 2.45) is 0 Å². The van der Waals surface area contributed by atoms with E-state index in [9.17, 15) is 4.79 Å². The standard InChI is InChI=1S/C22H22N4O2/c1-4-11-26-21-18(13-15-12-16(28-3)9-10-19(15)23-21)20(25-26)24-22(27)17-8-6-5-7-14(17)2/h5-10,12-13H,4,11H2,1-3H3,(H,24,25,27). The number of carbonyl (C=O) groups is 1. The number of methoxy groups -OCH3 is 1. The molecule has 0 atom stereocenters. The van der Waals surface area contributed by atoms with Gasteiger partial charge < -0.3 is 10.1 Å². The number of hydrogen-bond donors (Lipinski definition) is 1. The van der Waals surface area contributed by atoms with E-state index in [0.717, 1.165) is 46.2 Å². The molecule has 6 heteroatoms. The molecule has 0 fully saturated rings. The van der Waals surface area contributed by atoms with Gasteiger partial charge in [-0.2, -0.15) is 5.10 Å². The lowest BCUT2D eigenvalue weighted by molar-refractivity contribution is 0.102. The molecule has 0 saturated heterocycles. The molecule has 2 heterocycles. The fraction of sp³-hybridized carbons (Fsp3) is 0.227. The zero-order chi connectivity index (χ0) is 19.7. The van der Waals surface area contributed by atoms with Gasteiger partial charge in [-0.15, -0.1) is 0 Å². The van der Waals surface area contributed by atoms with Gasteiger partial charge in [-0.05, 0) is 49.2 Å². The number of anilines is 1. The molecule has 0 spiro atoms. The number of pyridine rings is 1. The maximum absolute atomic E-state index is 12.8. The molecule has 0 aliphatic carbocycles. The van der Waals surface area contributed by atoms with Crippen molar-refractivity contribution in [3.05, 3.63) is 59.7 Å². The average molecular weight is 374 g/mol. The van der Waals surface area contributed by atoms with E-state index in [0.29, 0.717) is 11.4 Å². The summed E-state index contributed by atoms with van der Waals surface area (Å²) < 4.78 is 7.18. The van der Waals surface area contributed by atoms with Crippen LogP contribution in [0.1, 0.15) is 29.3 Å². The van der Waals surface area contributed by atoms with Crippen LogP contribution in [0.25, 0.3) is 21.9 Å². The van der Waals surface area contributed by atoms with Gasteiger partial charge in [-0.1, -0.05) is 25.1 Å². The van der Waals surface area contributed by atoms with Gasteiger partial charge in [0.2, 0.25) is 0 Å². The van der Waals surface area contributed by atoms with E-state index in [4.69, 9.17) is 9.72 Å². The van der Waals surface area contributed by atoms with Crippen LogP contribution in [0.15, 0.2) is 48.5 Å². The van der Waals surface area contributed by atoms with Gasteiger partial charge >= 0.3 is 0 Å². The molecular weight excluding hydrogens is 352 g/mol. The molecule has 0 aliphatic heterocycles. The lowest BCUT2D eigenvalue weighted by atomic mass is 10.1. The van der Waals surface area contributed by atoms with Gasteiger partial charge in [0.25, 0.3) is 5.91 Å². The van der Waals surface area contributed by atoms with E-state index in [1.54, 1.807) is 7.11 Å². The number of aromatic nitrogens is 3. The van der Waals surface area contributed by atoms with E-state index < -0.39 is 0 Å². The molecule has 0 radical (unpaired) electrons. The molecule has 0 bridgehead atoms. The Morgan fingerprint density at radius 1 is 1.18 bits per heavy atom. The number of rotatable bonds is 5. The fourth-order valence-electron chi connectivity index (χ4n) is 3.33. The van der Waals surface area contributed by atoms with Crippen LogP contribution in [-0.2, 0) is 6.54 Å². The maximum atomic E-state index is 12.8. The number of benzene rings is 2. The summed E-state index contributed by atoms with van der Waals surface area (Å²) in [4.78, 5) is 17.6. The zero-order valence-electron chi connectivity index (χ0n) is 16.2. The minimum absolute atomic E-state index is 0.174. The van der Waals surface area contributed by atoms with Gasteiger partial charge in [0.15, 0.2) is 11.5 Å². The lowest BCUT2D eigenvalue weighted by Crippen LogP contribution is -2.14. The van der Waals surface area contributed by atoms with Gasteiger partial charge in [0.05, 0.1) is 18.0 Å². The summed E-state index contributed by atoms with van der Waals surface area (Å²) in [5.74, 6) is 1.11. The van der Waals surface area contributed by atoms with Gasteiger partial charge in [-0.25, -0.2) is 9.67 Å². The lowest BCUT2D eigenvalue weighted by Gasteiger charge is -2.06. The Kier molecular flexibility index (Phi) is 4.69. The predicted molar refractivity (Wildman–Crippen MR) is 111 cm³/mol. The largest absolute Gasteiger partial charge is 0.497 e. The third kappa shape index (κ3) is 3.17. The number of nitrogens with zero attached hydrogens (tertiary/aromatic N) is 3. The van der Waals surface area contributed by atoms with Crippen molar-refractivity contribution in [2.45, 2.75) is 26.8 Å². The van der Waals surface area contributed by atoms with Crippen LogP contribution >= 0.6 is 0 Å². The van der Waals surface area contributed by atoms with Crippen LogP contribution < -0.4 is 10.1 Å². The van der Waals surface area contributed by atoms with Crippen LogP contribution in [0.2, 0.25) is 0 Å². The van der Waals surface area contributed by atoms with E-state index in [2.05, 4.69) is 17.3 Å². The van der Waals surface area contributed by atoms with Crippen molar-refractivity contribution < 1.29 is 9.53 Å². The maximum Gasteiger partial charge on any atom is 0.257 e. The van der Waals surface area contributed by atoms with Crippen LogP contribution in [0, 0.1) is 6.92 Å². The van der Waals surface area contributed by atoms with Crippen molar-refractivity contribution in [2.75, 3.05) is 12.4 Å². The van der Waals surface area contributed by atoms with Gasteiger partial charge in [0.1, 0.15) is 5.75 Å². The number of nitrogens with one attached hydrogen (secondary N) is 1. The second-order valence-corrected chi connectivity index (χ2v) is 6.76. The van der Waals surface area contributed by atoms with Crippen LogP contribution in [0.3, 0.4) is 0 Å². The van der Waals surface area contributed by atoms with Crippen LogP contribution in [-0.4, -0.2) is 27.8 Å². The van der Waals surface area contributed by atoms with Crippen LogP contribution in [0.5, 0.6) is 5.75 Å². The third-order valence-corrected chi connectivity index (χ3v) is 4.78. The summed E-state index contributed by atoms with van der Waals surface area (Å²) in [5.41, 5.74) is 3.18. The summed E-state index contributed by atoms with van der Waals surface area (Å²) in [6.45, 7) is 4.74. The second-order valence-electron chi connectivity index (χ2n) is 6.76. The predicted octanol–water partition coefficient (Wildman–Crippen LogP) is 4.56. The molecule has 2 aromatic heterocycles. The van der Waals surface area contributed by atoms with Crippen LogP contribution in [0.4, 0.5) is 5.82 Å². The van der Waals surface area contributed by atoms with E-state index >= 15 is 0 Å². The average Bonchev–Trinajstić information content (AvgIpc) is 3.02. The Labute approximate surface area is 163 Å². The fourth-order valence-corrected chi connectivity index (χ4v) is 3.33. The van der Waals surface area contributed by atoms with Crippen molar-refractivity contribution >= 4 is 33.7 Å². The molecule has 142 valence electrons. The molecule has 6 nitrogen and oxygen atoms in total. The molecule has 0 saturated carbocycles. The number of hydrogen-bond acceptors (Lipinski definition) is 4. The van der Waals surface area contributed by atoms with Crippen molar-refractivity contribution in [3.8, 4) is 5.75 Å². The molecule has 2 aromatic carbocycles. The van der Waals surface area contributed by atoms with Crippen molar-refractivity contribution in [3.63, 3.8) is 0 Å². The number of ether oxygens (including phenoxy) is 1. The summed E-state index contributed by atoms with van der Waals surface area (Å²) in [5, 5.41) is 9.36. The Morgan fingerprint density at radius 3 is 2.75 bits per heavy atom. The van der Waals surface area contributed by atoms with E-state index in [1.807, 2.05) is 60.1 Å². The topological polar surface area (TPSA) is 69.0 Å². The zero-order valence-corrected chi connectivity index (χ0v) is 16.2. The van der Waals surface area contributed by atoms with Gasteiger partial charge in [0, 0.05) is 17.5 Å². The summed E-state index contributed by atoms with van der Waals surface area (Å²) in [7, 11) is 1.64. The Bertz CT molecular complexity index is 1180. The first-order valence-corrected chi connectivity index (χ1v) is 9.33. The highest BCUT2D eigenvalue weighted by atomic mass is 16.5. The number of amides is 1. The molecule has 4 aromatic rings. The monoisotopic (exact) mass is 374 g/mol. The first kappa shape index (κ1) is 18.0. The molecule has 0 aliphatic rings. The quantitative estimate of drug-likeness (QED) is 0.556. The SMILES string of the molecule is CCCn1nc(NC(=O)c2ccccc2C)c2cc3cc(OC)ccc3nc21. The highest BCUT2D eigenvalue weighted by Gasteiger charge is 2.17. The summed E-state index contributed by atoms with van der Waals surface area (Å²) in [6, 6.07) is 15.3. The Hall–Kier alpha value is -3.41. The first-order chi connectivity index (χ1) is 13.6. The summed E-state index contributed by atoms with van der Waals surface area (Å²) in [6.07, 6.45) is 0.921. The number of aryl methyl sites for hydroxylation is 2.